The molecule has 10 heteroatoms. The van der Waals surface area contributed by atoms with Crippen molar-refractivity contribution in [3.8, 4) is 28.6 Å². The highest BCUT2D eigenvalue weighted by Crippen LogP contribution is 2.30. The summed E-state index contributed by atoms with van der Waals surface area (Å²) in [7, 11) is 3.09. The van der Waals surface area contributed by atoms with E-state index in [0.717, 1.165) is 11.3 Å². The fourth-order valence-electron chi connectivity index (χ4n) is 3.15. The standard InChI is InChI=1S/C23H22N4O5S/c1-30-17-9-10-20(31-2)19(12-17)24-21(29)14-33-23-26-25-22(15-5-7-16(28)8-6-15)27(23)13-18-4-3-11-32-18/h3-12,28H,13-14H2,1-2H3,(H,24,29). The SMILES string of the molecule is COc1ccc(OC)c(NC(=O)CSc2nnc(-c3ccc(O)cc3)n2Cc2ccco2)c1. The highest BCUT2D eigenvalue weighted by Gasteiger charge is 2.18. The number of amides is 1. The lowest BCUT2D eigenvalue weighted by molar-refractivity contribution is -0.113. The number of thioether (sulfide) groups is 1. The van der Waals surface area contributed by atoms with Gasteiger partial charge in [0.25, 0.3) is 0 Å². The van der Waals surface area contributed by atoms with Crippen molar-refractivity contribution in [3.05, 3.63) is 66.6 Å². The molecule has 0 saturated heterocycles. The van der Waals surface area contributed by atoms with Gasteiger partial charge in [0, 0.05) is 11.6 Å². The van der Waals surface area contributed by atoms with Crippen molar-refractivity contribution in [2.24, 2.45) is 0 Å². The van der Waals surface area contributed by atoms with Gasteiger partial charge in [-0.2, -0.15) is 0 Å². The lowest BCUT2D eigenvalue weighted by Crippen LogP contribution is -2.15. The van der Waals surface area contributed by atoms with Crippen LogP contribution in [0.15, 0.2) is 70.4 Å². The summed E-state index contributed by atoms with van der Waals surface area (Å²) in [5.74, 6) is 2.50. The Kier molecular flexibility index (Phi) is 6.84. The van der Waals surface area contributed by atoms with Crippen LogP contribution in [0.4, 0.5) is 5.69 Å². The largest absolute Gasteiger partial charge is 0.508 e. The highest BCUT2D eigenvalue weighted by atomic mass is 32.2. The van der Waals surface area contributed by atoms with Crippen LogP contribution in [-0.2, 0) is 11.3 Å². The van der Waals surface area contributed by atoms with Crippen molar-refractivity contribution in [2.75, 3.05) is 25.3 Å². The van der Waals surface area contributed by atoms with Gasteiger partial charge in [0.1, 0.15) is 23.0 Å². The minimum absolute atomic E-state index is 0.103. The van der Waals surface area contributed by atoms with Gasteiger partial charge in [0.15, 0.2) is 11.0 Å². The average molecular weight is 467 g/mol. The van der Waals surface area contributed by atoms with E-state index in [-0.39, 0.29) is 17.4 Å². The Labute approximate surface area is 194 Å². The van der Waals surface area contributed by atoms with Crippen LogP contribution in [0.5, 0.6) is 17.2 Å². The topological polar surface area (TPSA) is 112 Å². The summed E-state index contributed by atoms with van der Waals surface area (Å²) in [6.07, 6.45) is 1.60. The molecule has 2 heterocycles. The first-order valence-electron chi connectivity index (χ1n) is 9.97. The molecule has 0 saturated carbocycles. The van der Waals surface area contributed by atoms with E-state index in [1.807, 2.05) is 16.7 Å². The minimum atomic E-state index is -0.231. The highest BCUT2D eigenvalue weighted by molar-refractivity contribution is 7.99. The van der Waals surface area contributed by atoms with E-state index >= 15 is 0 Å². The van der Waals surface area contributed by atoms with Crippen LogP contribution >= 0.6 is 11.8 Å². The molecule has 0 spiro atoms. The molecular weight excluding hydrogens is 444 g/mol. The number of phenols is 1. The summed E-state index contributed by atoms with van der Waals surface area (Å²) in [6, 6.07) is 15.5. The third-order valence-electron chi connectivity index (χ3n) is 4.75. The zero-order valence-electron chi connectivity index (χ0n) is 18.0. The molecule has 0 aliphatic rings. The van der Waals surface area contributed by atoms with Crippen LogP contribution in [0, 0.1) is 0 Å². The summed E-state index contributed by atoms with van der Waals surface area (Å²) in [5, 5.41) is 21.6. The molecule has 170 valence electrons. The number of rotatable bonds is 9. The number of methoxy groups -OCH3 is 2. The maximum Gasteiger partial charge on any atom is 0.234 e. The Hall–Kier alpha value is -3.92. The number of nitrogens with zero attached hydrogens (tertiary/aromatic N) is 3. The number of aromatic hydroxyl groups is 1. The molecule has 9 nitrogen and oxygen atoms in total. The number of hydrogen-bond acceptors (Lipinski definition) is 8. The second-order valence-corrected chi connectivity index (χ2v) is 7.86. The first kappa shape index (κ1) is 22.3. The minimum Gasteiger partial charge on any atom is -0.508 e. The van der Waals surface area contributed by atoms with Gasteiger partial charge in [-0.05, 0) is 48.5 Å². The van der Waals surface area contributed by atoms with E-state index in [9.17, 15) is 9.90 Å². The second-order valence-electron chi connectivity index (χ2n) is 6.92. The van der Waals surface area contributed by atoms with E-state index in [1.54, 1.807) is 55.8 Å². The van der Waals surface area contributed by atoms with Crippen molar-refractivity contribution in [1.82, 2.24) is 14.8 Å². The van der Waals surface area contributed by atoms with Crippen LogP contribution in [0.1, 0.15) is 5.76 Å². The number of phenolic OH excluding ortho intramolecular Hbond substituents is 1. The summed E-state index contributed by atoms with van der Waals surface area (Å²) >= 11 is 1.25. The van der Waals surface area contributed by atoms with Crippen LogP contribution in [0.25, 0.3) is 11.4 Å². The molecule has 0 atom stereocenters. The third kappa shape index (κ3) is 5.29. The molecule has 0 aliphatic heterocycles. The number of aromatic nitrogens is 3. The number of nitrogens with one attached hydrogen (secondary N) is 1. The number of carbonyl (C=O) groups excluding carboxylic acids is 1. The average Bonchev–Trinajstić information content (AvgIpc) is 3.48. The Morgan fingerprint density at radius 3 is 2.64 bits per heavy atom. The van der Waals surface area contributed by atoms with Gasteiger partial charge in [-0.3, -0.25) is 9.36 Å². The molecule has 2 N–H and O–H groups in total. The first-order chi connectivity index (χ1) is 16.1. The molecule has 2 aromatic heterocycles. The van der Waals surface area contributed by atoms with Gasteiger partial charge in [-0.15, -0.1) is 10.2 Å². The molecule has 4 aromatic rings. The molecule has 1 amide bonds. The maximum absolute atomic E-state index is 12.7. The molecule has 0 fully saturated rings. The van der Waals surface area contributed by atoms with E-state index < -0.39 is 0 Å². The van der Waals surface area contributed by atoms with Gasteiger partial charge < -0.3 is 24.3 Å². The number of anilines is 1. The van der Waals surface area contributed by atoms with Crippen LogP contribution in [-0.4, -0.2) is 45.8 Å². The Morgan fingerprint density at radius 1 is 1.12 bits per heavy atom. The van der Waals surface area contributed by atoms with Gasteiger partial charge in [-0.1, -0.05) is 11.8 Å². The number of hydrogen-bond donors (Lipinski definition) is 2. The zero-order valence-corrected chi connectivity index (χ0v) is 18.8. The third-order valence-corrected chi connectivity index (χ3v) is 5.72. The Balaban J connectivity index is 1.53. The normalized spacial score (nSPS) is 10.7. The zero-order chi connectivity index (χ0) is 23.2. The number of furan rings is 1. The lowest BCUT2D eigenvalue weighted by Gasteiger charge is -2.12. The number of ether oxygens (including phenoxy) is 2. The van der Waals surface area contributed by atoms with Gasteiger partial charge in [0.2, 0.25) is 5.91 Å². The molecular formula is C23H22N4O5S. The van der Waals surface area contributed by atoms with E-state index in [4.69, 9.17) is 13.9 Å². The molecule has 0 radical (unpaired) electrons. The van der Waals surface area contributed by atoms with Gasteiger partial charge in [0.05, 0.1) is 38.5 Å². The Bertz CT molecular complexity index is 1220. The number of carbonyl (C=O) groups is 1. The van der Waals surface area contributed by atoms with Crippen molar-refractivity contribution in [1.29, 1.82) is 0 Å². The monoisotopic (exact) mass is 466 g/mol. The van der Waals surface area contributed by atoms with Crippen molar-refractivity contribution < 1.29 is 23.8 Å². The summed E-state index contributed by atoms with van der Waals surface area (Å²) in [4.78, 5) is 12.7. The van der Waals surface area contributed by atoms with Crippen LogP contribution in [0.2, 0.25) is 0 Å². The fourth-order valence-corrected chi connectivity index (χ4v) is 3.89. The van der Waals surface area contributed by atoms with Crippen molar-refractivity contribution in [2.45, 2.75) is 11.7 Å². The summed E-state index contributed by atoms with van der Waals surface area (Å²) in [5.41, 5.74) is 1.30. The van der Waals surface area contributed by atoms with Gasteiger partial charge >= 0.3 is 0 Å². The van der Waals surface area contributed by atoms with Crippen molar-refractivity contribution >= 4 is 23.4 Å². The summed E-state index contributed by atoms with van der Waals surface area (Å²) < 4.78 is 17.9. The molecule has 33 heavy (non-hydrogen) atoms. The molecule has 0 unspecified atom stereocenters. The van der Waals surface area contributed by atoms with Gasteiger partial charge in [-0.25, -0.2) is 0 Å². The predicted octanol–water partition coefficient (Wildman–Crippen LogP) is 4.04. The molecule has 2 aromatic carbocycles. The molecule has 0 aliphatic carbocycles. The Morgan fingerprint density at radius 2 is 1.94 bits per heavy atom. The lowest BCUT2D eigenvalue weighted by atomic mass is 10.2. The summed E-state index contributed by atoms with van der Waals surface area (Å²) in [6.45, 7) is 0.393. The van der Waals surface area contributed by atoms with Crippen molar-refractivity contribution in [3.63, 3.8) is 0 Å². The number of benzene rings is 2. The predicted molar refractivity (Wildman–Crippen MR) is 124 cm³/mol. The molecule has 4 rings (SSSR count). The smallest absolute Gasteiger partial charge is 0.234 e. The quantitative estimate of drug-likeness (QED) is 0.356. The van der Waals surface area contributed by atoms with E-state index in [2.05, 4.69) is 15.5 Å². The van der Waals surface area contributed by atoms with Crippen LogP contribution in [0.3, 0.4) is 0 Å². The fraction of sp³-hybridized carbons (Fsp3) is 0.174. The second kappa shape index (κ2) is 10.1. The van der Waals surface area contributed by atoms with E-state index in [1.165, 1.54) is 18.9 Å². The molecule has 0 bridgehead atoms. The maximum atomic E-state index is 12.7. The van der Waals surface area contributed by atoms with E-state index in [0.29, 0.717) is 34.7 Å². The van der Waals surface area contributed by atoms with Crippen LogP contribution < -0.4 is 14.8 Å². The first-order valence-corrected chi connectivity index (χ1v) is 11.0.